The summed E-state index contributed by atoms with van der Waals surface area (Å²) in [4.78, 5) is 37.1. The summed E-state index contributed by atoms with van der Waals surface area (Å²) in [6.45, 7) is 10.2. The van der Waals surface area contributed by atoms with Gasteiger partial charge in [-0.15, -0.1) is 0 Å². The van der Waals surface area contributed by atoms with E-state index in [4.69, 9.17) is 13.9 Å². The fraction of sp³-hybridized carbons (Fsp3) is 0.458. The first-order valence-corrected chi connectivity index (χ1v) is 10.4. The molecule has 2 heterocycles. The van der Waals surface area contributed by atoms with Gasteiger partial charge >= 0.3 is 11.6 Å². The van der Waals surface area contributed by atoms with Crippen molar-refractivity contribution >= 4 is 28.8 Å². The number of hydrogen-bond donors (Lipinski definition) is 1. The van der Waals surface area contributed by atoms with Crippen molar-refractivity contribution in [2.75, 3.05) is 0 Å². The first-order chi connectivity index (χ1) is 14.5. The van der Waals surface area contributed by atoms with Crippen LogP contribution in [0.5, 0.6) is 11.5 Å². The summed E-state index contributed by atoms with van der Waals surface area (Å²) in [5.41, 5.74) is -0.335. The van der Waals surface area contributed by atoms with Crippen molar-refractivity contribution in [3.05, 3.63) is 39.3 Å². The maximum absolute atomic E-state index is 13.4. The van der Waals surface area contributed by atoms with Gasteiger partial charge in [-0.1, -0.05) is 20.3 Å². The number of fused-ring (bicyclic) bond motifs is 3. The van der Waals surface area contributed by atoms with Gasteiger partial charge in [-0.2, -0.15) is 0 Å². The molecule has 1 N–H and O–H groups in total. The molecule has 7 heteroatoms. The summed E-state index contributed by atoms with van der Waals surface area (Å²) < 4.78 is 16.8. The first kappa shape index (κ1) is 22.6. The Bertz CT molecular complexity index is 1140. The molecule has 2 aromatic rings. The molecule has 2 atom stereocenters. The number of hydrogen-bond acceptors (Lipinski definition) is 7. The standard InChI is InChI=1S/C24H28O7/c1-7-8-15-11-17(26)30-23-18(15)22-16(9-10-24(5,6)31-22)21(28)19(23)20(27)12(2)13(3)29-14(4)25/h9-13,28H,7-8H2,1-6H3/t12-,13?/m1/s1. The summed E-state index contributed by atoms with van der Waals surface area (Å²) in [6.07, 6.45) is 4.10. The predicted molar refractivity (Wildman–Crippen MR) is 117 cm³/mol. The van der Waals surface area contributed by atoms with Crippen molar-refractivity contribution in [3.63, 3.8) is 0 Å². The van der Waals surface area contributed by atoms with Gasteiger partial charge in [0.05, 0.1) is 16.9 Å². The quantitative estimate of drug-likeness (QED) is 0.413. The van der Waals surface area contributed by atoms with Crippen LogP contribution in [0.4, 0.5) is 0 Å². The van der Waals surface area contributed by atoms with Gasteiger partial charge in [0.25, 0.3) is 0 Å². The molecule has 0 bridgehead atoms. The van der Waals surface area contributed by atoms with Crippen LogP contribution in [0.15, 0.2) is 21.4 Å². The monoisotopic (exact) mass is 428 g/mol. The number of carbonyl (C=O) groups is 2. The minimum Gasteiger partial charge on any atom is -0.506 e. The second-order valence-corrected chi connectivity index (χ2v) is 8.52. The molecule has 1 unspecified atom stereocenters. The van der Waals surface area contributed by atoms with Gasteiger partial charge < -0.3 is 19.0 Å². The van der Waals surface area contributed by atoms with E-state index in [0.717, 1.165) is 6.42 Å². The number of Topliss-reactive ketones (excluding diaryl/α,β-unsaturated/α-hetero) is 1. The van der Waals surface area contributed by atoms with Crippen LogP contribution in [0, 0.1) is 5.92 Å². The van der Waals surface area contributed by atoms with Crippen molar-refractivity contribution in [2.24, 2.45) is 5.92 Å². The Balaban J connectivity index is 2.35. The van der Waals surface area contributed by atoms with Crippen LogP contribution >= 0.6 is 0 Å². The van der Waals surface area contributed by atoms with Gasteiger partial charge in [0.1, 0.15) is 28.8 Å². The number of phenolic OH excluding ortho intramolecular Hbond substituents is 1. The third-order valence-corrected chi connectivity index (χ3v) is 5.49. The van der Waals surface area contributed by atoms with Gasteiger partial charge in [0.15, 0.2) is 11.4 Å². The van der Waals surface area contributed by atoms with Crippen molar-refractivity contribution in [2.45, 2.75) is 66.1 Å². The molecule has 3 rings (SSSR count). The van der Waals surface area contributed by atoms with Gasteiger partial charge in [0, 0.05) is 13.0 Å². The first-order valence-electron chi connectivity index (χ1n) is 10.4. The number of ether oxygens (including phenoxy) is 2. The zero-order chi connectivity index (χ0) is 23.1. The molecular weight excluding hydrogens is 400 g/mol. The number of rotatable bonds is 6. The number of phenols is 1. The highest BCUT2D eigenvalue weighted by Gasteiger charge is 2.35. The molecule has 0 saturated carbocycles. The maximum Gasteiger partial charge on any atom is 0.336 e. The molecule has 0 radical (unpaired) electrons. The Morgan fingerprint density at radius 1 is 1.26 bits per heavy atom. The van der Waals surface area contributed by atoms with Crippen LogP contribution in [-0.4, -0.2) is 28.6 Å². The largest absolute Gasteiger partial charge is 0.506 e. The Hall–Kier alpha value is -3.09. The predicted octanol–water partition coefficient (Wildman–Crippen LogP) is 4.41. The fourth-order valence-corrected chi connectivity index (χ4v) is 3.79. The molecule has 1 aliphatic heterocycles. The van der Waals surface area contributed by atoms with Crippen molar-refractivity contribution in [1.82, 2.24) is 0 Å². The average Bonchev–Trinajstić information content (AvgIpc) is 2.65. The van der Waals surface area contributed by atoms with Crippen LogP contribution in [0.25, 0.3) is 17.0 Å². The van der Waals surface area contributed by atoms with Gasteiger partial charge in [-0.05, 0) is 44.9 Å². The molecule has 31 heavy (non-hydrogen) atoms. The molecular formula is C24H28O7. The summed E-state index contributed by atoms with van der Waals surface area (Å²) >= 11 is 0. The minimum absolute atomic E-state index is 0.00910. The van der Waals surface area contributed by atoms with Crippen LogP contribution in [-0.2, 0) is 16.0 Å². The SMILES string of the molecule is CCCc1cc(=O)oc2c(C(=O)[C@H](C)C(C)OC(C)=O)c(O)c3c(c12)OC(C)(C)C=C3. The average molecular weight is 428 g/mol. The zero-order valence-electron chi connectivity index (χ0n) is 18.7. The Morgan fingerprint density at radius 3 is 2.55 bits per heavy atom. The Labute approximate surface area is 180 Å². The van der Waals surface area contributed by atoms with E-state index < -0.39 is 35.0 Å². The third-order valence-electron chi connectivity index (χ3n) is 5.49. The third kappa shape index (κ3) is 4.22. The number of carbonyl (C=O) groups excluding carboxylic acids is 2. The van der Waals surface area contributed by atoms with Crippen molar-refractivity contribution in [1.29, 1.82) is 0 Å². The summed E-state index contributed by atoms with van der Waals surface area (Å²) in [5.74, 6) is -1.72. The van der Waals surface area contributed by atoms with Crippen molar-refractivity contribution < 1.29 is 28.6 Å². The van der Waals surface area contributed by atoms with E-state index in [9.17, 15) is 19.5 Å². The molecule has 1 aliphatic rings. The van der Waals surface area contributed by atoms with Crippen LogP contribution in [0.3, 0.4) is 0 Å². The van der Waals surface area contributed by atoms with Crippen LogP contribution in [0.2, 0.25) is 0 Å². The Morgan fingerprint density at radius 2 is 1.94 bits per heavy atom. The lowest BCUT2D eigenvalue weighted by Gasteiger charge is -2.30. The number of aromatic hydroxyl groups is 1. The van der Waals surface area contributed by atoms with E-state index in [1.807, 2.05) is 20.8 Å². The Kier molecular flexibility index (Phi) is 5.98. The molecule has 0 aliphatic carbocycles. The summed E-state index contributed by atoms with van der Waals surface area (Å²) in [7, 11) is 0. The van der Waals surface area contributed by atoms with Crippen molar-refractivity contribution in [3.8, 4) is 11.5 Å². The second-order valence-electron chi connectivity index (χ2n) is 8.52. The minimum atomic E-state index is -0.777. The topological polar surface area (TPSA) is 103 Å². The highest BCUT2D eigenvalue weighted by atomic mass is 16.5. The summed E-state index contributed by atoms with van der Waals surface area (Å²) in [6, 6.07) is 1.40. The molecule has 0 amide bonds. The number of ketones is 1. The van der Waals surface area contributed by atoms with E-state index in [2.05, 4.69) is 0 Å². The molecule has 166 valence electrons. The van der Waals surface area contributed by atoms with E-state index in [-0.39, 0.29) is 16.9 Å². The second kappa shape index (κ2) is 8.21. The molecule has 0 saturated heterocycles. The maximum atomic E-state index is 13.4. The molecule has 0 spiro atoms. The lowest BCUT2D eigenvalue weighted by Crippen LogP contribution is -2.29. The van der Waals surface area contributed by atoms with E-state index in [1.165, 1.54) is 13.0 Å². The van der Waals surface area contributed by atoms with Gasteiger partial charge in [-0.3, -0.25) is 9.59 Å². The molecule has 1 aromatic carbocycles. The lowest BCUT2D eigenvalue weighted by atomic mass is 9.88. The van der Waals surface area contributed by atoms with Crippen LogP contribution in [0.1, 0.15) is 69.4 Å². The lowest BCUT2D eigenvalue weighted by molar-refractivity contribution is -0.146. The van der Waals surface area contributed by atoms with Gasteiger partial charge in [0.2, 0.25) is 0 Å². The fourth-order valence-electron chi connectivity index (χ4n) is 3.79. The number of benzene rings is 1. The molecule has 7 nitrogen and oxygen atoms in total. The molecule has 1 aromatic heterocycles. The van der Waals surface area contributed by atoms with E-state index in [0.29, 0.717) is 28.7 Å². The zero-order valence-corrected chi connectivity index (χ0v) is 18.7. The molecule has 0 fully saturated rings. The highest BCUT2D eigenvalue weighted by molar-refractivity contribution is 6.13. The van der Waals surface area contributed by atoms with E-state index in [1.54, 1.807) is 26.0 Å². The highest BCUT2D eigenvalue weighted by Crippen LogP contribution is 2.46. The normalized spacial score (nSPS) is 16.3. The number of esters is 1. The van der Waals surface area contributed by atoms with E-state index >= 15 is 0 Å². The number of aryl methyl sites for hydroxylation is 1. The van der Waals surface area contributed by atoms with Crippen LogP contribution < -0.4 is 10.4 Å². The smallest absolute Gasteiger partial charge is 0.336 e. The summed E-state index contributed by atoms with van der Waals surface area (Å²) in [5, 5.41) is 11.6. The van der Waals surface area contributed by atoms with Gasteiger partial charge in [-0.25, -0.2) is 4.79 Å².